The molecule has 5 heteroatoms. The monoisotopic (exact) mass is 240 g/mol. The van der Waals surface area contributed by atoms with E-state index in [1.165, 1.54) is 12.1 Å². The number of hydrogen-bond donors (Lipinski definition) is 3. The Morgan fingerprint density at radius 2 is 2.24 bits per heavy atom. The van der Waals surface area contributed by atoms with Crippen molar-refractivity contribution < 1.29 is 14.3 Å². The van der Waals surface area contributed by atoms with E-state index in [1.54, 1.807) is 13.0 Å². The molecule has 1 aromatic rings. The number of amides is 2. The van der Waals surface area contributed by atoms with E-state index < -0.39 is 6.03 Å². The first kappa shape index (κ1) is 13.4. The molecule has 0 aliphatic carbocycles. The molecule has 1 aromatic carbocycles. The van der Waals surface area contributed by atoms with Crippen molar-refractivity contribution in [1.29, 1.82) is 0 Å². The summed E-state index contributed by atoms with van der Waals surface area (Å²) >= 11 is 0. The van der Waals surface area contributed by atoms with Gasteiger partial charge in [0.25, 0.3) is 0 Å². The van der Waals surface area contributed by atoms with E-state index in [-0.39, 0.29) is 18.5 Å². The third kappa shape index (κ3) is 4.03. The maximum atomic E-state index is 13.0. The highest BCUT2D eigenvalue weighted by atomic mass is 19.1. The van der Waals surface area contributed by atoms with Crippen LogP contribution in [0.3, 0.4) is 0 Å². The summed E-state index contributed by atoms with van der Waals surface area (Å²) in [4.78, 5) is 11.5. The number of hydrogen-bond acceptors (Lipinski definition) is 2. The largest absolute Gasteiger partial charge is 0.394 e. The van der Waals surface area contributed by atoms with Crippen LogP contribution in [0.5, 0.6) is 0 Å². The normalized spacial score (nSPS) is 12.0. The van der Waals surface area contributed by atoms with Crippen molar-refractivity contribution in [3.05, 3.63) is 29.6 Å². The van der Waals surface area contributed by atoms with Gasteiger partial charge in [-0.3, -0.25) is 0 Å². The van der Waals surface area contributed by atoms with Crippen LogP contribution in [0.2, 0.25) is 0 Å². The van der Waals surface area contributed by atoms with Gasteiger partial charge in [-0.2, -0.15) is 0 Å². The predicted molar refractivity (Wildman–Crippen MR) is 64.5 cm³/mol. The number of aryl methyl sites for hydroxylation is 1. The molecule has 0 saturated heterocycles. The number of carbonyl (C=O) groups is 1. The Kier molecular flexibility index (Phi) is 4.90. The van der Waals surface area contributed by atoms with Crippen LogP contribution in [0, 0.1) is 12.7 Å². The Labute approximate surface area is 99.8 Å². The quantitative estimate of drug-likeness (QED) is 0.754. The molecule has 0 radical (unpaired) electrons. The van der Waals surface area contributed by atoms with Crippen molar-refractivity contribution in [2.24, 2.45) is 0 Å². The van der Waals surface area contributed by atoms with Gasteiger partial charge < -0.3 is 15.7 Å². The number of rotatable bonds is 4. The van der Waals surface area contributed by atoms with Gasteiger partial charge in [-0.1, -0.05) is 6.92 Å². The fourth-order valence-electron chi connectivity index (χ4n) is 1.35. The molecule has 0 saturated carbocycles. The fourth-order valence-corrected chi connectivity index (χ4v) is 1.35. The highest BCUT2D eigenvalue weighted by Gasteiger charge is 2.09. The average molecular weight is 240 g/mol. The zero-order valence-electron chi connectivity index (χ0n) is 9.96. The summed E-state index contributed by atoms with van der Waals surface area (Å²) in [6, 6.07) is 3.67. The molecule has 0 aromatic heterocycles. The van der Waals surface area contributed by atoms with Crippen LogP contribution < -0.4 is 10.6 Å². The Balaban J connectivity index is 2.58. The lowest BCUT2D eigenvalue weighted by Crippen LogP contribution is -2.39. The van der Waals surface area contributed by atoms with Crippen LogP contribution >= 0.6 is 0 Å². The Morgan fingerprint density at radius 3 is 2.76 bits per heavy atom. The highest BCUT2D eigenvalue weighted by Crippen LogP contribution is 2.13. The van der Waals surface area contributed by atoms with E-state index in [0.717, 1.165) is 0 Å². The van der Waals surface area contributed by atoms with Crippen LogP contribution in [0.15, 0.2) is 18.2 Å². The molecule has 3 N–H and O–H groups in total. The van der Waals surface area contributed by atoms with Crippen molar-refractivity contribution >= 4 is 11.7 Å². The van der Waals surface area contributed by atoms with E-state index in [1.807, 2.05) is 6.92 Å². The van der Waals surface area contributed by atoms with Crippen molar-refractivity contribution in [3.8, 4) is 0 Å². The van der Waals surface area contributed by atoms with Crippen LogP contribution in [-0.2, 0) is 0 Å². The molecule has 0 aliphatic rings. The lowest BCUT2D eigenvalue weighted by atomic mass is 10.2. The van der Waals surface area contributed by atoms with Crippen LogP contribution in [0.4, 0.5) is 14.9 Å². The van der Waals surface area contributed by atoms with Crippen LogP contribution in [0.1, 0.15) is 18.9 Å². The number of anilines is 1. The Hall–Kier alpha value is -1.62. The molecule has 0 bridgehead atoms. The molecule has 0 fully saturated rings. The molecule has 2 amide bonds. The second-order valence-electron chi connectivity index (χ2n) is 3.85. The van der Waals surface area contributed by atoms with E-state index in [4.69, 9.17) is 5.11 Å². The molecule has 0 aliphatic heterocycles. The van der Waals surface area contributed by atoms with Crippen molar-refractivity contribution in [1.82, 2.24) is 5.32 Å². The first-order chi connectivity index (χ1) is 8.06. The predicted octanol–water partition coefficient (Wildman–Crippen LogP) is 2.03. The second kappa shape index (κ2) is 6.20. The number of benzene rings is 1. The highest BCUT2D eigenvalue weighted by molar-refractivity contribution is 5.89. The summed E-state index contributed by atoms with van der Waals surface area (Å²) in [5, 5.41) is 14.1. The number of urea groups is 1. The Morgan fingerprint density at radius 1 is 1.53 bits per heavy atom. The van der Waals surface area contributed by atoms with Crippen molar-refractivity contribution in [2.75, 3.05) is 11.9 Å². The number of carbonyl (C=O) groups excluding carboxylic acids is 1. The van der Waals surface area contributed by atoms with Gasteiger partial charge in [0.1, 0.15) is 5.82 Å². The third-order valence-corrected chi connectivity index (χ3v) is 2.46. The molecule has 17 heavy (non-hydrogen) atoms. The van der Waals surface area contributed by atoms with E-state index in [9.17, 15) is 9.18 Å². The van der Waals surface area contributed by atoms with E-state index in [2.05, 4.69) is 10.6 Å². The van der Waals surface area contributed by atoms with Gasteiger partial charge in [0, 0.05) is 5.69 Å². The second-order valence-corrected chi connectivity index (χ2v) is 3.85. The fraction of sp³-hybridized carbons (Fsp3) is 0.417. The van der Waals surface area contributed by atoms with Crippen LogP contribution in [0.25, 0.3) is 0 Å². The molecule has 1 rings (SSSR count). The molecule has 1 atom stereocenters. The van der Waals surface area contributed by atoms with Gasteiger partial charge in [-0.15, -0.1) is 0 Å². The van der Waals surface area contributed by atoms with Gasteiger partial charge in [-0.05, 0) is 37.1 Å². The first-order valence-electron chi connectivity index (χ1n) is 5.51. The van der Waals surface area contributed by atoms with Gasteiger partial charge in [0.05, 0.1) is 12.6 Å². The molecule has 0 heterocycles. The smallest absolute Gasteiger partial charge is 0.319 e. The first-order valence-corrected chi connectivity index (χ1v) is 5.51. The maximum Gasteiger partial charge on any atom is 0.319 e. The van der Waals surface area contributed by atoms with Crippen LogP contribution in [-0.4, -0.2) is 23.8 Å². The molecule has 0 spiro atoms. The topological polar surface area (TPSA) is 61.4 Å². The minimum Gasteiger partial charge on any atom is -0.394 e. The maximum absolute atomic E-state index is 13.0. The molecule has 94 valence electrons. The number of aliphatic hydroxyl groups is 1. The third-order valence-electron chi connectivity index (χ3n) is 2.46. The van der Waals surface area contributed by atoms with Crippen molar-refractivity contribution in [3.63, 3.8) is 0 Å². The molecule has 4 nitrogen and oxygen atoms in total. The summed E-state index contributed by atoms with van der Waals surface area (Å²) in [6.45, 7) is 3.39. The number of nitrogens with one attached hydrogen (secondary N) is 2. The summed E-state index contributed by atoms with van der Waals surface area (Å²) in [5.74, 6) is -0.308. The van der Waals surface area contributed by atoms with Gasteiger partial charge in [-0.25, -0.2) is 9.18 Å². The van der Waals surface area contributed by atoms with Gasteiger partial charge >= 0.3 is 6.03 Å². The standard InChI is InChI=1S/C12H17FN2O2/c1-3-9(7-16)14-12(17)15-10-4-5-11(13)8(2)6-10/h4-6,9,16H,3,7H2,1-2H3,(H2,14,15,17). The minimum atomic E-state index is -0.406. The average Bonchev–Trinajstić information content (AvgIpc) is 2.31. The van der Waals surface area contributed by atoms with Gasteiger partial charge in [0.2, 0.25) is 0 Å². The lowest BCUT2D eigenvalue weighted by molar-refractivity contribution is 0.222. The minimum absolute atomic E-state index is 0.105. The van der Waals surface area contributed by atoms with E-state index >= 15 is 0 Å². The summed E-state index contributed by atoms with van der Waals surface area (Å²) < 4.78 is 13.0. The summed E-state index contributed by atoms with van der Waals surface area (Å²) in [7, 11) is 0. The molecule has 1 unspecified atom stereocenters. The van der Waals surface area contributed by atoms with Crippen molar-refractivity contribution in [2.45, 2.75) is 26.3 Å². The zero-order valence-corrected chi connectivity index (χ0v) is 9.96. The molecular weight excluding hydrogens is 223 g/mol. The number of aliphatic hydroxyl groups excluding tert-OH is 1. The summed E-state index contributed by atoms with van der Waals surface area (Å²) in [6.07, 6.45) is 0.645. The Bertz CT molecular complexity index is 392. The number of halogens is 1. The SMILES string of the molecule is CCC(CO)NC(=O)Nc1ccc(F)c(C)c1. The van der Waals surface area contributed by atoms with E-state index in [0.29, 0.717) is 17.7 Å². The zero-order chi connectivity index (χ0) is 12.8. The lowest BCUT2D eigenvalue weighted by Gasteiger charge is -2.14. The van der Waals surface area contributed by atoms with Gasteiger partial charge in [0.15, 0.2) is 0 Å². The summed E-state index contributed by atoms with van der Waals surface area (Å²) in [5.41, 5.74) is 0.992. The molecular formula is C12H17FN2O2.